The zero-order valence-corrected chi connectivity index (χ0v) is 14.3. The van der Waals surface area contributed by atoms with E-state index in [1.807, 2.05) is 54.6 Å². The molecule has 1 unspecified atom stereocenters. The predicted octanol–water partition coefficient (Wildman–Crippen LogP) is 3.31. The Bertz CT molecular complexity index is 728. The lowest BCUT2D eigenvalue weighted by molar-refractivity contribution is -0.127. The number of amides is 3. The molecule has 0 bridgehead atoms. The number of hydrogen-bond acceptors (Lipinski definition) is 3. The minimum Gasteiger partial charge on any atom is -0.494 e. The Morgan fingerprint density at radius 2 is 1.76 bits per heavy atom. The van der Waals surface area contributed by atoms with Crippen LogP contribution in [0.3, 0.4) is 0 Å². The van der Waals surface area contributed by atoms with Crippen LogP contribution in [0.2, 0.25) is 0 Å². The van der Waals surface area contributed by atoms with Crippen molar-refractivity contribution >= 4 is 11.9 Å². The van der Waals surface area contributed by atoms with Crippen molar-refractivity contribution in [2.24, 2.45) is 0 Å². The molecule has 1 atom stereocenters. The minimum absolute atomic E-state index is 0.205. The molecule has 1 N–H and O–H groups in total. The first-order chi connectivity index (χ1) is 12.2. The van der Waals surface area contributed by atoms with E-state index in [0.717, 1.165) is 17.7 Å². The van der Waals surface area contributed by atoms with Crippen LogP contribution >= 0.6 is 0 Å². The average molecular weight is 338 g/mol. The van der Waals surface area contributed by atoms with E-state index < -0.39 is 6.04 Å². The van der Waals surface area contributed by atoms with Gasteiger partial charge in [-0.2, -0.15) is 0 Å². The quantitative estimate of drug-likeness (QED) is 0.622. The van der Waals surface area contributed by atoms with Crippen LogP contribution in [0.25, 0.3) is 0 Å². The highest BCUT2D eigenvalue weighted by Gasteiger charge is 2.38. The van der Waals surface area contributed by atoms with Gasteiger partial charge in [0.1, 0.15) is 11.8 Å². The maximum atomic E-state index is 12.5. The number of carbonyl (C=O) groups is 2. The Balaban J connectivity index is 1.49. The molecular weight excluding hydrogens is 316 g/mol. The topological polar surface area (TPSA) is 58.6 Å². The fraction of sp³-hybridized carbons (Fsp3) is 0.300. The summed E-state index contributed by atoms with van der Waals surface area (Å²) in [5.74, 6) is 0.597. The maximum Gasteiger partial charge on any atom is 0.325 e. The Labute approximate surface area is 147 Å². The van der Waals surface area contributed by atoms with Gasteiger partial charge in [-0.3, -0.25) is 9.69 Å². The molecule has 1 fully saturated rings. The van der Waals surface area contributed by atoms with Crippen molar-refractivity contribution in [2.75, 3.05) is 13.2 Å². The van der Waals surface area contributed by atoms with Gasteiger partial charge >= 0.3 is 6.03 Å². The van der Waals surface area contributed by atoms with E-state index >= 15 is 0 Å². The SMILES string of the molecule is CCc1ccc(OCCCN2C(=O)NC(c3ccccc3)C2=O)cc1. The van der Waals surface area contributed by atoms with Gasteiger partial charge in [0.05, 0.1) is 6.61 Å². The third-order valence-corrected chi connectivity index (χ3v) is 4.29. The molecule has 0 aliphatic carbocycles. The maximum absolute atomic E-state index is 12.5. The molecule has 1 aliphatic rings. The largest absolute Gasteiger partial charge is 0.494 e. The second kappa shape index (κ2) is 7.83. The van der Waals surface area contributed by atoms with Crippen LogP contribution in [0.1, 0.15) is 30.5 Å². The van der Waals surface area contributed by atoms with Crippen LogP contribution < -0.4 is 10.1 Å². The number of nitrogens with one attached hydrogen (secondary N) is 1. The molecule has 1 heterocycles. The summed E-state index contributed by atoms with van der Waals surface area (Å²) in [6, 6.07) is 16.3. The van der Waals surface area contributed by atoms with Gasteiger partial charge in [-0.15, -0.1) is 0 Å². The van der Waals surface area contributed by atoms with E-state index in [1.165, 1.54) is 10.5 Å². The first kappa shape index (κ1) is 17.0. The molecule has 3 rings (SSSR count). The van der Waals surface area contributed by atoms with E-state index in [4.69, 9.17) is 4.74 Å². The first-order valence-corrected chi connectivity index (χ1v) is 8.57. The number of rotatable bonds is 7. The van der Waals surface area contributed by atoms with Gasteiger partial charge in [0.25, 0.3) is 5.91 Å². The van der Waals surface area contributed by atoms with E-state index in [2.05, 4.69) is 12.2 Å². The van der Waals surface area contributed by atoms with Gasteiger partial charge in [0, 0.05) is 6.54 Å². The van der Waals surface area contributed by atoms with Gasteiger partial charge in [0.2, 0.25) is 0 Å². The van der Waals surface area contributed by atoms with Gasteiger partial charge in [-0.25, -0.2) is 4.79 Å². The summed E-state index contributed by atoms with van der Waals surface area (Å²) in [6.45, 7) is 2.91. The zero-order valence-electron chi connectivity index (χ0n) is 14.3. The Morgan fingerprint density at radius 1 is 1.04 bits per heavy atom. The van der Waals surface area contributed by atoms with Crippen LogP contribution in [0.4, 0.5) is 4.79 Å². The predicted molar refractivity (Wildman–Crippen MR) is 95.4 cm³/mol. The first-order valence-electron chi connectivity index (χ1n) is 8.57. The molecule has 25 heavy (non-hydrogen) atoms. The average Bonchev–Trinajstić information content (AvgIpc) is 2.94. The van der Waals surface area contributed by atoms with E-state index in [9.17, 15) is 9.59 Å². The molecule has 3 amide bonds. The molecule has 0 aromatic heterocycles. The van der Waals surface area contributed by atoms with Crippen LogP contribution in [-0.4, -0.2) is 30.0 Å². The Hall–Kier alpha value is -2.82. The molecule has 0 spiro atoms. The summed E-state index contributed by atoms with van der Waals surface area (Å²) in [5, 5.41) is 2.74. The van der Waals surface area contributed by atoms with Crippen molar-refractivity contribution in [1.29, 1.82) is 0 Å². The van der Waals surface area contributed by atoms with Crippen molar-refractivity contribution in [1.82, 2.24) is 10.2 Å². The molecule has 1 saturated heterocycles. The minimum atomic E-state index is -0.587. The fourth-order valence-corrected chi connectivity index (χ4v) is 2.84. The van der Waals surface area contributed by atoms with Crippen molar-refractivity contribution in [3.05, 3.63) is 65.7 Å². The van der Waals surface area contributed by atoms with E-state index in [0.29, 0.717) is 19.6 Å². The molecular formula is C20H22N2O3. The second-order valence-electron chi connectivity index (χ2n) is 5.98. The number of imide groups is 1. The van der Waals surface area contributed by atoms with E-state index in [-0.39, 0.29) is 11.9 Å². The molecule has 0 saturated carbocycles. The highest BCUT2D eigenvalue weighted by molar-refractivity contribution is 6.04. The van der Waals surface area contributed by atoms with Crippen molar-refractivity contribution in [2.45, 2.75) is 25.8 Å². The van der Waals surface area contributed by atoms with E-state index in [1.54, 1.807) is 0 Å². The molecule has 0 radical (unpaired) electrons. The summed E-state index contributed by atoms with van der Waals surface area (Å²) >= 11 is 0. The summed E-state index contributed by atoms with van der Waals surface area (Å²) in [4.78, 5) is 25.8. The van der Waals surface area contributed by atoms with Crippen molar-refractivity contribution in [3.8, 4) is 5.75 Å². The van der Waals surface area contributed by atoms with Gasteiger partial charge < -0.3 is 10.1 Å². The van der Waals surface area contributed by atoms with Crippen molar-refractivity contribution < 1.29 is 14.3 Å². The van der Waals surface area contributed by atoms with Gasteiger partial charge in [0.15, 0.2) is 0 Å². The molecule has 5 nitrogen and oxygen atoms in total. The number of benzene rings is 2. The zero-order chi connectivity index (χ0) is 17.6. The summed E-state index contributed by atoms with van der Waals surface area (Å²) < 4.78 is 5.68. The number of hydrogen-bond donors (Lipinski definition) is 1. The van der Waals surface area contributed by atoms with Crippen molar-refractivity contribution in [3.63, 3.8) is 0 Å². The van der Waals surface area contributed by atoms with Crippen LogP contribution in [0.15, 0.2) is 54.6 Å². The Morgan fingerprint density at radius 3 is 2.44 bits per heavy atom. The number of urea groups is 1. The van der Waals surface area contributed by atoms with Crippen LogP contribution in [-0.2, 0) is 11.2 Å². The van der Waals surface area contributed by atoms with Gasteiger partial charge in [-0.05, 0) is 36.1 Å². The third kappa shape index (κ3) is 3.99. The fourth-order valence-electron chi connectivity index (χ4n) is 2.84. The second-order valence-corrected chi connectivity index (χ2v) is 5.98. The van der Waals surface area contributed by atoms with Gasteiger partial charge in [-0.1, -0.05) is 49.4 Å². The molecule has 5 heteroatoms. The normalized spacial score (nSPS) is 16.8. The summed E-state index contributed by atoms with van der Waals surface area (Å²) in [5.41, 5.74) is 2.06. The summed E-state index contributed by atoms with van der Waals surface area (Å²) in [6.07, 6.45) is 1.59. The number of nitrogens with zero attached hydrogens (tertiary/aromatic N) is 1. The molecule has 130 valence electrons. The molecule has 2 aromatic rings. The lowest BCUT2D eigenvalue weighted by atomic mass is 10.1. The standard InChI is InChI=1S/C20H22N2O3/c1-2-15-9-11-17(12-10-15)25-14-6-13-22-19(23)18(21-20(22)24)16-7-4-3-5-8-16/h3-5,7-12,18H,2,6,13-14H2,1H3,(H,21,24). The summed E-state index contributed by atoms with van der Waals surface area (Å²) in [7, 11) is 0. The highest BCUT2D eigenvalue weighted by atomic mass is 16.5. The number of ether oxygens (including phenoxy) is 1. The van der Waals surface area contributed by atoms with Crippen LogP contribution in [0, 0.1) is 0 Å². The smallest absolute Gasteiger partial charge is 0.325 e. The highest BCUT2D eigenvalue weighted by Crippen LogP contribution is 2.21. The number of carbonyl (C=O) groups excluding carboxylic acids is 2. The third-order valence-electron chi connectivity index (χ3n) is 4.29. The molecule has 1 aliphatic heterocycles. The lowest BCUT2D eigenvalue weighted by Gasteiger charge is -2.13. The number of aryl methyl sites for hydroxylation is 1. The molecule has 2 aromatic carbocycles. The monoisotopic (exact) mass is 338 g/mol. The van der Waals surface area contributed by atoms with Crippen LogP contribution in [0.5, 0.6) is 5.75 Å². The Kier molecular flexibility index (Phi) is 5.33. The lowest BCUT2D eigenvalue weighted by Crippen LogP contribution is -2.32.